The predicted molar refractivity (Wildman–Crippen MR) is 69.4 cm³/mol. The second kappa shape index (κ2) is 5.45. The molecule has 0 unspecified atom stereocenters. The number of thiazole rings is 1. The van der Waals surface area contributed by atoms with Crippen molar-refractivity contribution in [1.82, 2.24) is 14.8 Å². The van der Waals surface area contributed by atoms with Crippen molar-refractivity contribution in [3.8, 4) is 0 Å². The molecule has 2 rings (SSSR count). The fourth-order valence-electron chi connectivity index (χ4n) is 1.92. The molecule has 1 aliphatic rings. The summed E-state index contributed by atoms with van der Waals surface area (Å²) >= 11 is 1.38. The minimum atomic E-state index is -0.313. The van der Waals surface area contributed by atoms with Gasteiger partial charge in [-0.05, 0) is 7.05 Å². The molecule has 2 amide bonds. The quantitative estimate of drug-likeness (QED) is 0.834. The molecule has 1 N–H and O–H groups in total. The topological polar surface area (TPSA) is 65.5 Å². The van der Waals surface area contributed by atoms with Crippen LogP contribution in [0.25, 0.3) is 0 Å². The third-order valence-electron chi connectivity index (χ3n) is 3.06. The fourth-order valence-corrected chi connectivity index (χ4v) is 2.45. The maximum Gasteiger partial charge on any atom is 0.245 e. The lowest BCUT2D eigenvalue weighted by Crippen LogP contribution is -2.57. The van der Waals surface area contributed by atoms with Crippen molar-refractivity contribution in [2.24, 2.45) is 0 Å². The summed E-state index contributed by atoms with van der Waals surface area (Å²) < 4.78 is 0. The second-order valence-electron chi connectivity index (χ2n) is 4.29. The monoisotopic (exact) mass is 268 g/mol. The van der Waals surface area contributed by atoms with Gasteiger partial charge in [-0.3, -0.25) is 14.5 Å². The number of amides is 2. The highest BCUT2D eigenvalue weighted by Crippen LogP contribution is 2.14. The van der Waals surface area contributed by atoms with Gasteiger partial charge in [-0.1, -0.05) is 0 Å². The number of likely N-dealkylation sites (N-methyl/N-ethyl adjacent to an activating group) is 1. The van der Waals surface area contributed by atoms with Gasteiger partial charge in [0.15, 0.2) is 5.13 Å². The Balaban J connectivity index is 2.01. The van der Waals surface area contributed by atoms with Gasteiger partial charge in [-0.15, -0.1) is 11.3 Å². The number of hydrogen-bond acceptors (Lipinski definition) is 5. The molecule has 2 heterocycles. The van der Waals surface area contributed by atoms with E-state index >= 15 is 0 Å². The Bertz CT molecular complexity index is 434. The molecule has 18 heavy (non-hydrogen) atoms. The van der Waals surface area contributed by atoms with Crippen molar-refractivity contribution >= 4 is 28.3 Å². The number of carbonyl (C=O) groups is 2. The van der Waals surface area contributed by atoms with Crippen molar-refractivity contribution < 1.29 is 9.59 Å². The van der Waals surface area contributed by atoms with Crippen molar-refractivity contribution in [2.75, 3.05) is 32.0 Å². The van der Waals surface area contributed by atoms with Crippen molar-refractivity contribution in [2.45, 2.75) is 13.0 Å². The maximum absolute atomic E-state index is 12.1. The number of hydrogen-bond donors (Lipinski definition) is 1. The summed E-state index contributed by atoms with van der Waals surface area (Å²) in [6.07, 6.45) is 1.65. The van der Waals surface area contributed by atoms with Crippen LogP contribution in [0.3, 0.4) is 0 Å². The van der Waals surface area contributed by atoms with Crippen LogP contribution in [0.4, 0.5) is 5.13 Å². The van der Waals surface area contributed by atoms with Crippen molar-refractivity contribution in [3.05, 3.63) is 11.6 Å². The molecular formula is C11H16N4O2S. The van der Waals surface area contributed by atoms with Gasteiger partial charge < -0.3 is 10.2 Å². The number of carbonyl (C=O) groups excluding carboxylic acids is 2. The summed E-state index contributed by atoms with van der Waals surface area (Å²) in [5, 5.41) is 5.17. The summed E-state index contributed by atoms with van der Waals surface area (Å²) in [6.45, 7) is 3.34. The fraction of sp³-hybridized carbons (Fsp3) is 0.545. The third kappa shape index (κ3) is 2.85. The number of nitrogens with zero attached hydrogens (tertiary/aromatic N) is 3. The van der Waals surface area contributed by atoms with Crippen LogP contribution in [-0.2, 0) is 9.59 Å². The first kappa shape index (κ1) is 13.0. The van der Waals surface area contributed by atoms with E-state index in [1.54, 1.807) is 11.1 Å². The average molecular weight is 268 g/mol. The second-order valence-corrected chi connectivity index (χ2v) is 5.18. The highest BCUT2D eigenvalue weighted by molar-refractivity contribution is 7.13. The van der Waals surface area contributed by atoms with E-state index in [-0.39, 0.29) is 17.9 Å². The summed E-state index contributed by atoms with van der Waals surface area (Å²) in [5.74, 6) is -0.103. The van der Waals surface area contributed by atoms with Crippen molar-refractivity contribution in [1.29, 1.82) is 0 Å². The summed E-state index contributed by atoms with van der Waals surface area (Å²) in [4.78, 5) is 31.2. The molecule has 98 valence electrons. The van der Waals surface area contributed by atoms with E-state index in [4.69, 9.17) is 0 Å². The van der Waals surface area contributed by atoms with E-state index in [0.29, 0.717) is 24.8 Å². The zero-order valence-corrected chi connectivity index (χ0v) is 11.2. The van der Waals surface area contributed by atoms with Crippen molar-refractivity contribution in [3.63, 3.8) is 0 Å². The number of anilines is 1. The van der Waals surface area contributed by atoms with Crippen LogP contribution in [0.15, 0.2) is 11.6 Å². The molecule has 0 saturated carbocycles. The Kier molecular flexibility index (Phi) is 3.93. The molecular weight excluding hydrogens is 252 g/mol. The van der Waals surface area contributed by atoms with Crippen LogP contribution >= 0.6 is 11.3 Å². The molecule has 6 nitrogen and oxygen atoms in total. The molecule has 1 atom stereocenters. The predicted octanol–water partition coefficient (Wildman–Crippen LogP) is 0.244. The largest absolute Gasteiger partial charge is 0.340 e. The van der Waals surface area contributed by atoms with Crippen LogP contribution < -0.4 is 5.32 Å². The number of nitrogens with one attached hydrogen (secondary N) is 1. The lowest BCUT2D eigenvalue weighted by Gasteiger charge is -2.37. The molecule has 1 saturated heterocycles. The lowest BCUT2D eigenvalue weighted by atomic mass is 10.1. The molecule has 0 bridgehead atoms. The van der Waals surface area contributed by atoms with Crippen LogP contribution in [0.1, 0.15) is 6.92 Å². The number of aromatic nitrogens is 1. The summed E-state index contributed by atoms with van der Waals surface area (Å²) in [5.41, 5.74) is 0. The first-order valence-corrected chi connectivity index (χ1v) is 6.62. The van der Waals surface area contributed by atoms with Gasteiger partial charge in [0.1, 0.15) is 6.04 Å². The van der Waals surface area contributed by atoms with Gasteiger partial charge in [0.2, 0.25) is 11.8 Å². The van der Waals surface area contributed by atoms with Gasteiger partial charge in [-0.2, -0.15) is 0 Å². The molecule has 0 radical (unpaired) electrons. The summed E-state index contributed by atoms with van der Waals surface area (Å²) in [7, 11) is 1.89. The van der Waals surface area contributed by atoms with Crippen LogP contribution in [0, 0.1) is 0 Å². The molecule has 0 aliphatic carbocycles. The van der Waals surface area contributed by atoms with Gasteiger partial charge in [0.05, 0.1) is 0 Å². The Morgan fingerprint density at radius 1 is 1.50 bits per heavy atom. The standard InChI is InChI=1S/C11H16N4O2S/c1-8(16)15-5-4-14(2)9(7-15)10(17)13-11-12-3-6-18-11/h3,6,9H,4-5,7H2,1-2H3,(H,12,13,17)/t9-/m1/s1. The van der Waals surface area contributed by atoms with E-state index in [1.165, 1.54) is 18.3 Å². The lowest BCUT2D eigenvalue weighted by molar-refractivity contribution is -0.134. The molecule has 1 aromatic rings. The normalized spacial score (nSPS) is 20.8. The molecule has 7 heteroatoms. The van der Waals surface area contributed by atoms with E-state index < -0.39 is 0 Å². The van der Waals surface area contributed by atoms with E-state index in [9.17, 15) is 9.59 Å². The Hall–Kier alpha value is -1.47. The van der Waals surface area contributed by atoms with E-state index in [1.807, 2.05) is 17.3 Å². The van der Waals surface area contributed by atoms with Crippen LogP contribution in [-0.4, -0.2) is 59.3 Å². The zero-order chi connectivity index (χ0) is 13.1. The molecule has 0 aromatic carbocycles. The van der Waals surface area contributed by atoms with Gasteiger partial charge in [0.25, 0.3) is 0 Å². The van der Waals surface area contributed by atoms with E-state index in [0.717, 1.165) is 0 Å². The van der Waals surface area contributed by atoms with E-state index in [2.05, 4.69) is 10.3 Å². The highest BCUT2D eigenvalue weighted by atomic mass is 32.1. The van der Waals surface area contributed by atoms with Crippen LogP contribution in [0.5, 0.6) is 0 Å². The minimum absolute atomic E-state index is 0.00940. The van der Waals surface area contributed by atoms with Gasteiger partial charge in [0, 0.05) is 38.1 Å². The highest BCUT2D eigenvalue weighted by Gasteiger charge is 2.31. The zero-order valence-electron chi connectivity index (χ0n) is 10.4. The Labute approximate surface area is 110 Å². The maximum atomic E-state index is 12.1. The van der Waals surface area contributed by atoms with Gasteiger partial charge in [-0.25, -0.2) is 4.98 Å². The molecule has 0 spiro atoms. The molecule has 1 aromatic heterocycles. The third-order valence-corrected chi connectivity index (χ3v) is 3.75. The molecule has 1 aliphatic heterocycles. The first-order valence-electron chi connectivity index (χ1n) is 5.74. The summed E-state index contributed by atoms with van der Waals surface area (Å²) in [6, 6.07) is -0.313. The van der Waals surface area contributed by atoms with Crippen LogP contribution in [0.2, 0.25) is 0 Å². The van der Waals surface area contributed by atoms with Gasteiger partial charge >= 0.3 is 0 Å². The first-order chi connectivity index (χ1) is 8.58. The number of rotatable bonds is 2. The Morgan fingerprint density at radius 3 is 2.89 bits per heavy atom. The average Bonchev–Trinajstić information content (AvgIpc) is 2.81. The Morgan fingerprint density at radius 2 is 2.28 bits per heavy atom. The number of piperazine rings is 1. The minimum Gasteiger partial charge on any atom is -0.340 e. The SMILES string of the molecule is CC(=O)N1CCN(C)[C@@H](C(=O)Nc2nccs2)C1. The molecule has 1 fully saturated rings. The smallest absolute Gasteiger partial charge is 0.245 e.